The van der Waals surface area contributed by atoms with Crippen LogP contribution in [0.3, 0.4) is 0 Å². The van der Waals surface area contributed by atoms with E-state index in [1.807, 2.05) is 0 Å². The van der Waals surface area contributed by atoms with Gasteiger partial charge in [-0.3, -0.25) is 0 Å². The molecule has 2 aromatic rings. The molecule has 1 heterocycles. The zero-order valence-corrected chi connectivity index (χ0v) is 13.7. The number of rotatable bonds is 5. The van der Waals surface area contributed by atoms with Gasteiger partial charge in [0.2, 0.25) is 0 Å². The zero-order chi connectivity index (χ0) is 14.5. The summed E-state index contributed by atoms with van der Waals surface area (Å²) >= 11 is 3.48. The van der Waals surface area contributed by atoms with Gasteiger partial charge >= 0.3 is 0 Å². The van der Waals surface area contributed by atoms with Gasteiger partial charge in [-0.25, -0.2) is 9.97 Å². The Morgan fingerprint density at radius 3 is 2.50 bits per heavy atom. The van der Waals surface area contributed by atoms with Crippen molar-refractivity contribution in [2.24, 2.45) is 0 Å². The molecule has 20 heavy (non-hydrogen) atoms. The number of hydrogen-bond donors (Lipinski definition) is 1. The van der Waals surface area contributed by atoms with Crippen molar-refractivity contribution in [1.29, 1.82) is 0 Å². The lowest BCUT2D eigenvalue weighted by molar-refractivity contribution is 0.867. The van der Waals surface area contributed by atoms with Crippen molar-refractivity contribution < 1.29 is 0 Å². The summed E-state index contributed by atoms with van der Waals surface area (Å²) in [4.78, 5) is 8.98. The Morgan fingerprint density at radius 2 is 1.90 bits per heavy atom. The van der Waals surface area contributed by atoms with Gasteiger partial charge in [0.25, 0.3) is 0 Å². The summed E-state index contributed by atoms with van der Waals surface area (Å²) in [6.45, 7) is 7.42. The summed E-state index contributed by atoms with van der Waals surface area (Å²) in [5.41, 5.74) is 2.37. The molecule has 0 saturated carbocycles. The highest BCUT2D eigenvalue weighted by Crippen LogP contribution is 2.24. The second-order valence-corrected chi connectivity index (χ2v) is 5.95. The number of anilines is 1. The van der Waals surface area contributed by atoms with E-state index >= 15 is 0 Å². The van der Waals surface area contributed by atoms with Gasteiger partial charge in [-0.15, -0.1) is 0 Å². The molecule has 0 spiro atoms. The molecule has 0 bridgehead atoms. The molecular formula is C16H20BrN3. The molecule has 106 valence electrons. The lowest BCUT2D eigenvalue weighted by Crippen LogP contribution is -2.04. The monoisotopic (exact) mass is 333 g/mol. The summed E-state index contributed by atoms with van der Waals surface area (Å²) in [6, 6.07) is 8.46. The average molecular weight is 334 g/mol. The third-order valence-corrected chi connectivity index (χ3v) is 3.70. The van der Waals surface area contributed by atoms with E-state index < -0.39 is 0 Å². The Morgan fingerprint density at radius 1 is 1.20 bits per heavy atom. The molecule has 4 heteroatoms. The fourth-order valence-electron chi connectivity index (χ4n) is 1.89. The minimum absolute atomic E-state index is 0.539. The van der Waals surface area contributed by atoms with Gasteiger partial charge in [0.1, 0.15) is 5.82 Å². The Labute approximate surface area is 129 Å². The van der Waals surface area contributed by atoms with Crippen molar-refractivity contribution >= 4 is 21.7 Å². The Bertz CT molecular complexity index is 564. The van der Waals surface area contributed by atoms with Crippen LogP contribution in [-0.2, 0) is 0 Å². The van der Waals surface area contributed by atoms with Crippen LogP contribution in [0.25, 0.3) is 11.4 Å². The molecular weight excluding hydrogens is 314 g/mol. The number of aromatic nitrogens is 2. The van der Waals surface area contributed by atoms with Crippen molar-refractivity contribution in [2.45, 2.75) is 33.1 Å². The van der Waals surface area contributed by atoms with Crippen LogP contribution in [0.2, 0.25) is 0 Å². The van der Waals surface area contributed by atoms with Crippen LogP contribution in [0.15, 0.2) is 34.9 Å². The molecule has 1 aromatic carbocycles. The van der Waals surface area contributed by atoms with Crippen LogP contribution >= 0.6 is 15.9 Å². The first-order valence-corrected chi connectivity index (χ1v) is 7.78. The van der Waals surface area contributed by atoms with Crippen LogP contribution in [0.4, 0.5) is 5.82 Å². The Hall–Kier alpha value is -1.42. The van der Waals surface area contributed by atoms with Crippen molar-refractivity contribution in [3.8, 4) is 11.4 Å². The predicted octanol–water partition coefficient (Wildman–Crippen LogP) is 4.85. The van der Waals surface area contributed by atoms with E-state index in [9.17, 15) is 0 Å². The fourth-order valence-corrected chi connectivity index (χ4v) is 2.22. The molecule has 1 N–H and O–H groups in total. The first-order chi connectivity index (χ1) is 9.61. The van der Waals surface area contributed by atoms with E-state index in [1.54, 1.807) is 6.20 Å². The summed E-state index contributed by atoms with van der Waals surface area (Å²) in [5, 5.41) is 3.30. The lowest BCUT2D eigenvalue weighted by atomic mass is 10.0. The van der Waals surface area contributed by atoms with Gasteiger partial charge in [0, 0.05) is 18.3 Å². The molecule has 2 rings (SSSR count). The highest BCUT2D eigenvalue weighted by atomic mass is 79.9. The Balaban J connectivity index is 2.27. The van der Waals surface area contributed by atoms with E-state index in [-0.39, 0.29) is 0 Å². The predicted molar refractivity (Wildman–Crippen MR) is 88.0 cm³/mol. The maximum absolute atomic E-state index is 4.59. The third kappa shape index (κ3) is 3.57. The summed E-state index contributed by atoms with van der Waals surface area (Å²) < 4.78 is 0.897. The van der Waals surface area contributed by atoms with Crippen molar-refractivity contribution in [3.63, 3.8) is 0 Å². The molecule has 1 aromatic heterocycles. The number of halogens is 1. The van der Waals surface area contributed by atoms with Crippen LogP contribution in [-0.4, -0.2) is 16.5 Å². The smallest absolute Gasteiger partial charge is 0.161 e. The molecule has 0 radical (unpaired) electrons. The molecule has 0 aliphatic heterocycles. The van der Waals surface area contributed by atoms with Gasteiger partial charge in [-0.05, 0) is 33.8 Å². The van der Waals surface area contributed by atoms with Crippen LogP contribution < -0.4 is 5.32 Å². The van der Waals surface area contributed by atoms with Crippen molar-refractivity contribution in [2.75, 3.05) is 11.9 Å². The van der Waals surface area contributed by atoms with Gasteiger partial charge in [-0.2, -0.15) is 0 Å². The topological polar surface area (TPSA) is 37.8 Å². The third-order valence-electron chi connectivity index (χ3n) is 3.12. The molecule has 0 atom stereocenters. The van der Waals surface area contributed by atoms with E-state index in [0.29, 0.717) is 5.92 Å². The van der Waals surface area contributed by atoms with Crippen LogP contribution in [0.1, 0.15) is 38.7 Å². The first kappa shape index (κ1) is 15.0. The highest BCUT2D eigenvalue weighted by Gasteiger charge is 2.07. The van der Waals surface area contributed by atoms with Crippen LogP contribution in [0, 0.1) is 0 Å². The van der Waals surface area contributed by atoms with Gasteiger partial charge < -0.3 is 5.32 Å². The summed E-state index contributed by atoms with van der Waals surface area (Å²) in [7, 11) is 0. The van der Waals surface area contributed by atoms with Crippen molar-refractivity contribution in [3.05, 3.63) is 40.5 Å². The van der Waals surface area contributed by atoms with E-state index in [0.717, 1.165) is 34.6 Å². The van der Waals surface area contributed by atoms with Crippen LogP contribution in [0.5, 0.6) is 0 Å². The largest absolute Gasteiger partial charge is 0.369 e. The first-order valence-electron chi connectivity index (χ1n) is 6.98. The minimum Gasteiger partial charge on any atom is -0.369 e. The van der Waals surface area contributed by atoms with E-state index in [2.05, 4.69) is 76.3 Å². The number of nitrogens with one attached hydrogen (secondary N) is 1. The van der Waals surface area contributed by atoms with E-state index in [1.165, 1.54) is 5.56 Å². The maximum Gasteiger partial charge on any atom is 0.161 e. The van der Waals surface area contributed by atoms with Gasteiger partial charge in [0.05, 0.1) is 4.47 Å². The molecule has 0 saturated heterocycles. The standard InChI is InChI=1S/C16H20BrN3/c1-4-9-18-16-14(17)10-19-15(20-16)13-7-5-12(6-8-13)11(2)3/h5-8,10-11H,4,9H2,1-3H3,(H,18,19,20). The number of nitrogens with zero attached hydrogens (tertiary/aromatic N) is 2. The molecule has 0 unspecified atom stereocenters. The highest BCUT2D eigenvalue weighted by molar-refractivity contribution is 9.10. The molecule has 0 aliphatic carbocycles. The molecule has 0 amide bonds. The maximum atomic E-state index is 4.59. The molecule has 3 nitrogen and oxygen atoms in total. The molecule has 0 aliphatic rings. The Kier molecular flexibility index (Phi) is 5.12. The van der Waals surface area contributed by atoms with Gasteiger partial charge in [0.15, 0.2) is 5.82 Å². The molecule has 0 fully saturated rings. The summed E-state index contributed by atoms with van der Waals surface area (Å²) in [5.74, 6) is 2.14. The minimum atomic E-state index is 0.539. The quantitative estimate of drug-likeness (QED) is 0.849. The number of benzene rings is 1. The van der Waals surface area contributed by atoms with E-state index in [4.69, 9.17) is 0 Å². The fraction of sp³-hybridized carbons (Fsp3) is 0.375. The lowest BCUT2D eigenvalue weighted by Gasteiger charge is -2.09. The zero-order valence-electron chi connectivity index (χ0n) is 12.2. The van der Waals surface area contributed by atoms with Crippen molar-refractivity contribution in [1.82, 2.24) is 9.97 Å². The average Bonchev–Trinajstić information content (AvgIpc) is 2.46. The van der Waals surface area contributed by atoms with Gasteiger partial charge in [-0.1, -0.05) is 45.0 Å². The summed E-state index contributed by atoms with van der Waals surface area (Å²) in [6.07, 6.45) is 2.87. The normalized spacial score (nSPS) is 10.8. The number of hydrogen-bond acceptors (Lipinski definition) is 3. The second kappa shape index (κ2) is 6.84. The second-order valence-electron chi connectivity index (χ2n) is 5.09. The SMILES string of the molecule is CCCNc1nc(-c2ccc(C(C)C)cc2)ncc1Br.